The third-order valence-electron chi connectivity index (χ3n) is 2.75. The summed E-state index contributed by atoms with van der Waals surface area (Å²) in [6.07, 6.45) is 0.888. The zero-order valence-electron chi connectivity index (χ0n) is 8.88. The molecule has 1 aliphatic rings. The van der Waals surface area contributed by atoms with Crippen LogP contribution in [0.1, 0.15) is 11.3 Å². The largest absolute Gasteiger partial charge is 0.492 e. The maximum Gasteiger partial charge on any atom is 0.169 e. The molecule has 1 aliphatic heterocycles. The van der Waals surface area contributed by atoms with Crippen molar-refractivity contribution >= 4 is 22.6 Å². The Bertz CT molecular complexity index is 548. The molecule has 0 radical (unpaired) electrons. The smallest absolute Gasteiger partial charge is 0.169 e. The van der Waals surface area contributed by atoms with E-state index in [2.05, 4.69) is 57.7 Å². The molecular formula is C12H11IN2O. The Morgan fingerprint density at radius 3 is 3.19 bits per heavy atom. The molecule has 82 valence electrons. The molecule has 0 unspecified atom stereocenters. The maximum absolute atomic E-state index is 5.75. The third-order valence-corrected chi connectivity index (χ3v) is 3.26. The molecule has 2 aromatic rings. The quantitative estimate of drug-likeness (QED) is 0.756. The van der Waals surface area contributed by atoms with Crippen molar-refractivity contribution in [1.29, 1.82) is 0 Å². The van der Waals surface area contributed by atoms with Crippen molar-refractivity contribution in [1.82, 2.24) is 9.97 Å². The second-order valence-electron chi connectivity index (χ2n) is 3.95. The highest BCUT2D eigenvalue weighted by atomic mass is 127. The van der Waals surface area contributed by atoms with Gasteiger partial charge in [-0.3, -0.25) is 0 Å². The molecule has 0 spiro atoms. The Morgan fingerprint density at radius 2 is 2.31 bits per heavy atom. The van der Waals surface area contributed by atoms with Gasteiger partial charge in [0.2, 0.25) is 0 Å². The molecular weight excluding hydrogens is 315 g/mol. The van der Waals surface area contributed by atoms with E-state index in [4.69, 9.17) is 4.74 Å². The van der Waals surface area contributed by atoms with Crippen molar-refractivity contribution < 1.29 is 4.74 Å². The molecule has 2 heterocycles. The number of hydrogen-bond donors (Lipinski definition) is 1. The number of halogens is 1. The molecule has 0 saturated carbocycles. The molecule has 0 aliphatic carbocycles. The summed E-state index contributed by atoms with van der Waals surface area (Å²) in [5, 5.41) is 0. The number of aromatic nitrogens is 2. The number of aryl methyl sites for hydroxylation is 1. The maximum atomic E-state index is 5.75. The highest BCUT2D eigenvalue weighted by Gasteiger charge is 2.18. The van der Waals surface area contributed by atoms with E-state index in [1.807, 2.05) is 0 Å². The molecule has 0 fully saturated rings. The minimum Gasteiger partial charge on any atom is -0.492 e. The summed E-state index contributed by atoms with van der Waals surface area (Å²) in [4.78, 5) is 7.82. The van der Waals surface area contributed by atoms with Crippen molar-refractivity contribution in [2.75, 3.05) is 6.61 Å². The van der Waals surface area contributed by atoms with Crippen LogP contribution in [0.15, 0.2) is 18.2 Å². The molecule has 4 heteroatoms. The summed E-state index contributed by atoms with van der Waals surface area (Å²) in [6.45, 7) is 2.78. The van der Waals surface area contributed by atoms with Gasteiger partial charge in [0.15, 0.2) is 3.83 Å². The van der Waals surface area contributed by atoms with Gasteiger partial charge in [0.25, 0.3) is 0 Å². The fourth-order valence-corrected chi connectivity index (χ4v) is 2.56. The van der Waals surface area contributed by atoms with Crippen molar-refractivity contribution in [3.8, 4) is 17.0 Å². The van der Waals surface area contributed by atoms with Gasteiger partial charge in [0.05, 0.1) is 12.3 Å². The number of ether oxygens (including phenoxy) is 1. The van der Waals surface area contributed by atoms with Crippen LogP contribution < -0.4 is 4.74 Å². The number of rotatable bonds is 0. The summed E-state index contributed by atoms with van der Waals surface area (Å²) in [5.41, 5.74) is 4.52. The predicted octanol–water partition coefficient (Wildman–Crippen LogP) is 2.92. The van der Waals surface area contributed by atoms with Crippen molar-refractivity contribution in [3.05, 3.63) is 33.3 Å². The minimum absolute atomic E-state index is 0.710. The highest BCUT2D eigenvalue weighted by molar-refractivity contribution is 14.1. The fraction of sp³-hybridized carbons (Fsp3) is 0.250. The first-order valence-electron chi connectivity index (χ1n) is 5.22. The van der Waals surface area contributed by atoms with Crippen LogP contribution in [0, 0.1) is 10.8 Å². The van der Waals surface area contributed by atoms with Crippen LogP contribution in [-0.2, 0) is 6.42 Å². The second kappa shape index (κ2) is 3.76. The van der Waals surface area contributed by atoms with Crippen LogP contribution >= 0.6 is 22.6 Å². The first-order valence-corrected chi connectivity index (χ1v) is 6.30. The molecule has 0 amide bonds. The minimum atomic E-state index is 0.710. The van der Waals surface area contributed by atoms with E-state index < -0.39 is 0 Å². The van der Waals surface area contributed by atoms with E-state index in [1.54, 1.807) is 0 Å². The Labute approximate surface area is 107 Å². The average molecular weight is 326 g/mol. The van der Waals surface area contributed by atoms with Crippen LogP contribution in [0.2, 0.25) is 0 Å². The second-order valence-corrected chi connectivity index (χ2v) is 4.97. The Kier molecular flexibility index (Phi) is 2.38. The van der Waals surface area contributed by atoms with Gasteiger partial charge in [-0.1, -0.05) is 6.07 Å². The molecule has 1 aromatic carbocycles. The van der Waals surface area contributed by atoms with Gasteiger partial charge in [-0.2, -0.15) is 0 Å². The number of H-pyrrole nitrogens is 1. The lowest BCUT2D eigenvalue weighted by Gasteiger charge is -2.07. The van der Waals surface area contributed by atoms with Gasteiger partial charge < -0.3 is 9.72 Å². The first-order chi connectivity index (χ1) is 7.74. The standard InChI is InChI=1S/C12H11IN2O/c1-7-2-3-8-10(6-7)16-5-4-9-11(8)15-12(13)14-9/h2-3,6H,4-5H2,1H3,(H,14,15). The summed E-state index contributed by atoms with van der Waals surface area (Å²) < 4.78 is 6.69. The van der Waals surface area contributed by atoms with Gasteiger partial charge in [-0.05, 0) is 47.2 Å². The van der Waals surface area contributed by atoms with E-state index >= 15 is 0 Å². The van der Waals surface area contributed by atoms with E-state index in [0.717, 1.165) is 27.3 Å². The zero-order chi connectivity index (χ0) is 11.1. The molecule has 0 saturated heterocycles. The fourth-order valence-electron chi connectivity index (χ4n) is 1.99. The number of hydrogen-bond acceptors (Lipinski definition) is 2. The molecule has 0 atom stereocenters. The van der Waals surface area contributed by atoms with Gasteiger partial charge in [-0.25, -0.2) is 4.98 Å². The zero-order valence-corrected chi connectivity index (χ0v) is 11.0. The van der Waals surface area contributed by atoms with Crippen LogP contribution in [0.3, 0.4) is 0 Å². The van der Waals surface area contributed by atoms with Crippen LogP contribution in [-0.4, -0.2) is 16.6 Å². The number of nitrogens with one attached hydrogen (secondary N) is 1. The normalized spacial score (nSPS) is 13.6. The number of aromatic amines is 1. The SMILES string of the molecule is Cc1ccc2c(c1)OCCc1[nH]c(I)nc1-2. The molecule has 1 aromatic heterocycles. The molecule has 1 N–H and O–H groups in total. The number of fused-ring (bicyclic) bond motifs is 3. The number of benzene rings is 1. The third kappa shape index (κ3) is 1.61. The Morgan fingerprint density at radius 1 is 1.44 bits per heavy atom. The van der Waals surface area contributed by atoms with E-state index in [0.29, 0.717) is 6.61 Å². The topological polar surface area (TPSA) is 37.9 Å². The van der Waals surface area contributed by atoms with Crippen molar-refractivity contribution in [2.24, 2.45) is 0 Å². The average Bonchev–Trinajstić information content (AvgIpc) is 2.52. The van der Waals surface area contributed by atoms with E-state index in [-0.39, 0.29) is 0 Å². The van der Waals surface area contributed by atoms with E-state index in [9.17, 15) is 0 Å². The van der Waals surface area contributed by atoms with Gasteiger partial charge >= 0.3 is 0 Å². The lowest BCUT2D eigenvalue weighted by molar-refractivity contribution is 0.325. The van der Waals surface area contributed by atoms with Crippen LogP contribution in [0.5, 0.6) is 5.75 Å². The Balaban J connectivity index is 2.24. The Hall–Kier alpha value is -1.04. The highest BCUT2D eigenvalue weighted by Crippen LogP contribution is 2.34. The molecule has 3 nitrogen and oxygen atoms in total. The molecule has 16 heavy (non-hydrogen) atoms. The van der Waals surface area contributed by atoms with Gasteiger partial charge in [0, 0.05) is 17.7 Å². The lowest BCUT2D eigenvalue weighted by atomic mass is 10.1. The molecule has 3 rings (SSSR count). The predicted molar refractivity (Wildman–Crippen MR) is 70.7 cm³/mol. The summed E-state index contributed by atoms with van der Waals surface area (Å²) in [6, 6.07) is 6.26. The van der Waals surface area contributed by atoms with Crippen molar-refractivity contribution in [2.45, 2.75) is 13.3 Å². The monoisotopic (exact) mass is 326 g/mol. The summed E-state index contributed by atoms with van der Waals surface area (Å²) >= 11 is 2.21. The first kappa shape index (κ1) is 10.1. The van der Waals surface area contributed by atoms with Crippen LogP contribution in [0.4, 0.5) is 0 Å². The number of nitrogens with zero attached hydrogens (tertiary/aromatic N) is 1. The molecule has 0 bridgehead atoms. The van der Waals surface area contributed by atoms with Gasteiger partial charge in [-0.15, -0.1) is 0 Å². The summed E-state index contributed by atoms with van der Waals surface area (Å²) in [7, 11) is 0. The van der Waals surface area contributed by atoms with Crippen molar-refractivity contribution in [3.63, 3.8) is 0 Å². The lowest BCUT2D eigenvalue weighted by Crippen LogP contribution is -1.99. The summed E-state index contributed by atoms with van der Waals surface area (Å²) in [5.74, 6) is 0.946. The number of imidazole rings is 1. The van der Waals surface area contributed by atoms with Crippen LogP contribution in [0.25, 0.3) is 11.3 Å². The van der Waals surface area contributed by atoms with E-state index in [1.165, 1.54) is 11.3 Å². The van der Waals surface area contributed by atoms with Gasteiger partial charge in [0.1, 0.15) is 5.75 Å².